The number of hydrogen-bond donors (Lipinski definition) is 1. The van der Waals surface area contributed by atoms with Gasteiger partial charge in [-0.2, -0.15) is 0 Å². The summed E-state index contributed by atoms with van der Waals surface area (Å²) in [4.78, 5) is 4.35. The topological polar surface area (TPSA) is 38.9 Å². The Morgan fingerprint density at radius 3 is 2.21 bits per heavy atom. The van der Waals surface area contributed by atoms with Crippen molar-refractivity contribution in [1.29, 1.82) is 0 Å². The summed E-state index contributed by atoms with van der Waals surface area (Å²) in [6.45, 7) is 6.18. The van der Waals surface area contributed by atoms with Crippen LogP contribution < -0.4 is 5.73 Å². The molecule has 0 atom stereocenters. The van der Waals surface area contributed by atoms with Crippen molar-refractivity contribution in [1.82, 2.24) is 4.98 Å². The molecule has 0 unspecified atom stereocenters. The second kappa shape index (κ2) is 2.98. The Kier molecular flexibility index (Phi) is 1.92. The Balaban J connectivity index is 2.83. The van der Waals surface area contributed by atoms with E-state index >= 15 is 0 Å². The predicted molar refractivity (Wildman–Crippen MR) is 60.4 cm³/mol. The average Bonchev–Trinajstić information content (AvgIpc) is 2.11. The molecule has 0 radical (unpaired) electrons. The van der Waals surface area contributed by atoms with Crippen LogP contribution in [0, 0.1) is 20.8 Å². The number of fused-ring (bicyclic) bond motifs is 1. The molecule has 2 heteroatoms. The van der Waals surface area contributed by atoms with E-state index in [1.807, 2.05) is 6.92 Å². The van der Waals surface area contributed by atoms with E-state index in [0.717, 1.165) is 11.1 Å². The Morgan fingerprint density at radius 2 is 1.50 bits per heavy atom. The zero-order valence-corrected chi connectivity index (χ0v) is 8.76. The van der Waals surface area contributed by atoms with Gasteiger partial charge in [0.1, 0.15) is 5.82 Å². The average molecular weight is 186 g/mol. The van der Waals surface area contributed by atoms with Crippen molar-refractivity contribution in [3.8, 4) is 0 Å². The van der Waals surface area contributed by atoms with Gasteiger partial charge >= 0.3 is 0 Å². The molecule has 0 aliphatic rings. The molecule has 0 aliphatic heterocycles. The number of rotatable bonds is 0. The second-order valence-electron chi connectivity index (χ2n) is 3.82. The third-order valence-electron chi connectivity index (χ3n) is 2.66. The maximum atomic E-state index is 5.76. The molecule has 0 spiro atoms. The van der Waals surface area contributed by atoms with E-state index in [0.29, 0.717) is 5.82 Å². The minimum absolute atomic E-state index is 0.626. The molecule has 1 aromatic heterocycles. The quantitative estimate of drug-likeness (QED) is 0.687. The van der Waals surface area contributed by atoms with Gasteiger partial charge in [0.05, 0.1) is 5.52 Å². The first kappa shape index (κ1) is 9.00. The molecule has 0 aliphatic carbocycles. The van der Waals surface area contributed by atoms with Gasteiger partial charge in [-0.15, -0.1) is 0 Å². The normalized spacial score (nSPS) is 10.8. The summed E-state index contributed by atoms with van der Waals surface area (Å²) in [5, 5.41) is 1.17. The minimum Gasteiger partial charge on any atom is -0.383 e. The van der Waals surface area contributed by atoms with Crippen LogP contribution in [-0.4, -0.2) is 4.98 Å². The fourth-order valence-electron chi connectivity index (χ4n) is 1.56. The molecule has 0 amide bonds. The van der Waals surface area contributed by atoms with E-state index in [1.54, 1.807) is 0 Å². The van der Waals surface area contributed by atoms with E-state index in [4.69, 9.17) is 5.73 Å². The highest BCUT2D eigenvalue weighted by atomic mass is 14.8. The molecule has 2 rings (SSSR count). The Labute approximate surface area is 83.8 Å². The molecule has 1 heterocycles. The van der Waals surface area contributed by atoms with Crippen molar-refractivity contribution in [2.24, 2.45) is 0 Å². The largest absolute Gasteiger partial charge is 0.383 e. The molecule has 2 nitrogen and oxygen atoms in total. The van der Waals surface area contributed by atoms with Crippen LogP contribution in [0.25, 0.3) is 10.9 Å². The molecule has 0 saturated heterocycles. The number of hydrogen-bond acceptors (Lipinski definition) is 2. The van der Waals surface area contributed by atoms with Gasteiger partial charge < -0.3 is 5.73 Å². The van der Waals surface area contributed by atoms with Gasteiger partial charge in [-0.05, 0) is 55.7 Å². The molecule has 2 aromatic rings. The van der Waals surface area contributed by atoms with Crippen molar-refractivity contribution in [2.45, 2.75) is 20.8 Å². The predicted octanol–water partition coefficient (Wildman–Crippen LogP) is 2.74. The Bertz CT molecular complexity index is 412. The molecular weight excluding hydrogens is 172 g/mol. The fourth-order valence-corrected chi connectivity index (χ4v) is 1.56. The van der Waals surface area contributed by atoms with Gasteiger partial charge in [-0.3, -0.25) is 0 Å². The van der Waals surface area contributed by atoms with Gasteiger partial charge in [-0.1, -0.05) is 0 Å². The summed E-state index contributed by atoms with van der Waals surface area (Å²) in [5.74, 6) is 0.626. The number of nitrogens with zero attached hydrogens (tertiary/aromatic N) is 1. The maximum absolute atomic E-state index is 5.76. The molecule has 2 N–H and O–H groups in total. The number of benzene rings is 1. The highest BCUT2D eigenvalue weighted by Crippen LogP contribution is 2.21. The van der Waals surface area contributed by atoms with E-state index in [-0.39, 0.29) is 0 Å². The van der Waals surface area contributed by atoms with Crippen molar-refractivity contribution in [3.63, 3.8) is 0 Å². The summed E-state index contributed by atoms with van der Waals surface area (Å²) < 4.78 is 0. The Hall–Kier alpha value is -1.57. The number of aromatic nitrogens is 1. The third kappa shape index (κ3) is 1.33. The lowest BCUT2D eigenvalue weighted by Gasteiger charge is -2.06. The van der Waals surface area contributed by atoms with Crippen LogP contribution in [0.5, 0.6) is 0 Å². The maximum Gasteiger partial charge on any atom is 0.127 e. The van der Waals surface area contributed by atoms with E-state index < -0.39 is 0 Å². The molecular formula is C12H14N2. The molecule has 72 valence electrons. The van der Waals surface area contributed by atoms with Crippen LogP contribution in [0.15, 0.2) is 18.2 Å². The van der Waals surface area contributed by atoms with Gasteiger partial charge in [0.2, 0.25) is 0 Å². The lowest BCUT2D eigenvalue weighted by atomic mass is 10.1. The van der Waals surface area contributed by atoms with Crippen LogP contribution in [0.3, 0.4) is 0 Å². The van der Waals surface area contributed by atoms with Crippen LogP contribution in [0.1, 0.15) is 16.7 Å². The lowest BCUT2D eigenvalue weighted by Crippen LogP contribution is -1.95. The fraction of sp³-hybridized carbons (Fsp3) is 0.250. The summed E-state index contributed by atoms with van der Waals surface area (Å²) in [6.07, 6.45) is 0. The smallest absolute Gasteiger partial charge is 0.127 e. The van der Waals surface area contributed by atoms with Gasteiger partial charge in [0.25, 0.3) is 0 Å². The first-order chi connectivity index (χ1) is 6.58. The molecule has 0 saturated carbocycles. The van der Waals surface area contributed by atoms with Gasteiger partial charge in [0, 0.05) is 5.39 Å². The van der Waals surface area contributed by atoms with Gasteiger partial charge in [-0.25, -0.2) is 4.98 Å². The summed E-state index contributed by atoms with van der Waals surface area (Å²) >= 11 is 0. The third-order valence-corrected chi connectivity index (χ3v) is 2.66. The summed E-state index contributed by atoms with van der Waals surface area (Å²) in [5.41, 5.74) is 10.3. The highest BCUT2D eigenvalue weighted by Gasteiger charge is 2.02. The molecule has 0 bridgehead atoms. The van der Waals surface area contributed by atoms with Crippen LogP contribution >= 0.6 is 0 Å². The van der Waals surface area contributed by atoms with Crippen LogP contribution in [-0.2, 0) is 0 Å². The van der Waals surface area contributed by atoms with E-state index in [9.17, 15) is 0 Å². The number of nitrogens with two attached hydrogens (primary N) is 1. The standard InChI is InChI=1S/C12H14N2/c1-7-4-10-5-9(3)12(13)14-11(10)6-8(7)2/h4-6H,1-3H3,(H2,13,14). The first-order valence-electron chi connectivity index (χ1n) is 4.72. The first-order valence-corrected chi connectivity index (χ1v) is 4.72. The van der Waals surface area contributed by atoms with Crippen LogP contribution in [0.4, 0.5) is 5.82 Å². The Morgan fingerprint density at radius 1 is 0.929 bits per heavy atom. The SMILES string of the molecule is Cc1cc2cc(C)c(N)nc2cc1C. The van der Waals surface area contributed by atoms with Crippen molar-refractivity contribution < 1.29 is 0 Å². The van der Waals surface area contributed by atoms with E-state index in [1.165, 1.54) is 16.5 Å². The van der Waals surface area contributed by atoms with Gasteiger partial charge in [0.15, 0.2) is 0 Å². The number of aryl methyl sites for hydroxylation is 3. The number of nitrogen functional groups attached to an aromatic ring is 1. The molecule has 0 fully saturated rings. The van der Waals surface area contributed by atoms with Crippen LogP contribution in [0.2, 0.25) is 0 Å². The monoisotopic (exact) mass is 186 g/mol. The summed E-state index contributed by atoms with van der Waals surface area (Å²) in [6, 6.07) is 6.33. The highest BCUT2D eigenvalue weighted by molar-refractivity contribution is 5.82. The number of pyridine rings is 1. The second-order valence-corrected chi connectivity index (χ2v) is 3.82. The van der Waals surface area contributed by atoms with E-state index in [2.05, 4.69) is 37.0 Å². The number of anilines is 1. The van der Waals surface area contributed by atoms with Crippen molar-refractivity contribution in [2.75, 3.05) is 5.73 Å². The lowest BCUT2D eigenvalue weighted by molar-refractivity contribution is 1.30. The zero-order valence-electron chi connectivity index (χ0n) is 8.76. The molecule has 1 aromatic carbocycles. The zero-order chi connectivity index (χ0) is 10.3. The van der Waals surface area contributed by atoms with Crippen molar-refractivity contribution >= 4 is 16.7 Å². The van der Waals surface area contributed by atoms with Crippen molar-refractivity contribution in [3.05, 3.63) is 34.9 Å². The summed E-state index contributed by atoms with van der Waals surface area (Å²) in [7, 11) is 0. The minimum atomic E-state index is 0.626. The molecule has 14 heavy (non-hydrogen) atoms.